The van der Waals surface area contributed by atoms with Crippen LogP contribution in [0.3, 0.4) is 0 Å². The Balaban J connectivity index is 1.96. The average Bonchev–Trinajstić information content (AvgIpc) is 2.66. The first kappa shape index (κ1) is 19.1. The number of ether oxygens (including phenoxy) is 1. The Kier molecular flexibility index (Phi) is 6.43. The molecule has 0 fully saturated rings. The van der Waals surface area contributed by atoms with Crippen LogP contribution in [0.4, 0.5) is 0 Å². The summed E-state index contributed by atoms with van der Waals surface area (Å²) in [6.45, 7) is 7.43. The smallest absolute Gasteiger partial charge is 0.316 e. The molecule has 2 amide bonds. The molecule has 136 valence electrons. The van der Waals surface area contributed by atoms with E-state index >= 15 is 0 Å². The molecule has 0 radical (unpaired) electrons. The third-order valence-corrected chi connectivity index (χ3v) is 3.86. The average molecular weight is 354 g/mol. The molecule has 1 aromatic heterocycles. The minimum absolute atomic E-state index is 0.122. The van der Waals surface area contributed by atoms with E-state index in [-0.39, 0.29) is 23.9 Å². The molecule has 0 saturated carbocycles. The second-order valence-corrected chi connectivity index (χ2v) is 5.71. The van der Waals surface area contributed by atoms with Crippen LogP contribution in [0.15, 0.2) is 43.1 Å². The van der Waals surface area contributed by atoms with E-state index in [0.29, 0.717) is 17.8 Å². The minimum Gasteiger partial charge on any atom is -0.467 e. The standard InChI is InChI=1S/C19H22N4O3/c1-5-17(24)22-12(2)15-8-6-14(7-9-15)10-20-18(25)16-11-21-19(26-4)23-13(16)3/h5-9,11-12H,1,10H2,2-4H3,(H,20,25)(H,22,24). The van der Waals surface area contributed by atoms with E-state index in [9.17, 15) is 9.59 Å². The lowest BCUT2D eigenvalue weighted by Crippen LogP contribution is -2.25. The van der Waals surface area contributed by atoms with Crippen LogP contribution in [-0.2, 0) is 11.3 Å². The Hall–Kier alpha value is -3.22. The van der Waals surface area contributed by atoms with E-state index in [2.05, 4.69) is 27.2 Å². The Morgan fingerprint density at radius 3 is 2.58 bits per heavy atom. The molecule has 0 saturated heterocycles. The highest BCUT2D eigenvalue weighted by molar-refractivity contribution is 5.94. The van der Waals surface area contributed by atoms with Gasteiger partial charge in [-0.15, -0.1) is 0 Å². The van der Waals surface area contributed by atoms with Crippen LogP contribution in [0.25, 0.3) is 0 Å². The summed E-state index contributed by atoms with van der Waals surface area (Å²) in [7, 11) is 1.47. The minimum atomic E-state index is -0.249. The summed E-state index contributed by atoms with van der Waals surface area (Å²) in [6.07, 6.45) is 2.69. The fraction of sp³-hybridized carbons (Fsp3) is 0.263. The summed E-state index contributed by atoms with van der Waals surface area (Å²) in [5, 5.41) is 5.64. The molecule has 0 spiro atoms. The molecule has 0 aliphatic rings. The van der Waals surface area contributed by atoms with Crippen LogP contribution in [0.2, 0.25) is 0 Å². The Labute approximate surface area is 152 Å². The fourth-order valence-corrected chi connectivity index (χ4v) is 2.32. The summed E-state index contributed by atoms with van der Waals surface area (Å²) < 4.78 is 4.94. The van der Waals surface area contributed by atoms with Crippen molar-refractivity contribution in [3.8, 4) is 6.01 Å². The fourth-order valence-electron chi connectivity index (χ4n) is 2.32. The number of hydrogen-bond acceptors (Lipinski definition) is 5. The van der Waals surface area contributed by atoms with Crippen LogP contribution >= 0.6 is 0 Å². The highest BCUT2D eigenvalue weighted by Gasteiger charge is 2.12. The van der Waals surface area contributed by atoms with Gasteiger partial charge in [0.05, 0.1) is 24.4 Å². The maximum Gasteiger partial charge on any atom is 0.316 e. The summed E-state index contributed by atoms with van der Waals surface area (Å²) in [6, 6.07) is 7.75. The van der Waals surface area contributed by atoms with Crippen molar-refractivity contribution >= 4 is 11.8 Å². The Morgan fingerprint density at radius 1 is 1.31 bits per heavy atom. The molecule has 0 aliphatic carbocycles. The summed E-state index contributed by atoms with van der Waals surface area (Å²) in [5.41, 5.74) is 2.87. The monoisotopic (exact) mass is 354 g/mol. The lowest BCUT2D eigenvalue weighted by atomic mass is 10.1. The molecular weight excluding hydrogens is 332 g/mol. The SMILES string of the molecule is C=CC(=O)NC(C)c1ccc(CNC(=O)c2cnc(OC)nc2C)cc1. The number of rotatable bonds is 7. The normalized spacial score (nSPS) is 11.3. The second-order valence-electron chi connectivity index (χ2n) is 5.71. The van der Waals surface area contributed by atoms with Crippen molar-refractivity contribution in [3.63, 3.8) is 0 Å². The van der Waals surface area contributed by atoms with Gasteiger partial charge in [0.2, 0.25) is 5.91 Å². The van der Waals surface area contributed by atoms with Crippen LogP contribution in [0.5, 0.6) is 6.01 Å². The highest BCUT2D eigenvalue weighted by atomic mass is 16.5. The number of nitrogens with one attached hydrogen (secondary N) is 2. The molecular formula is C19H22N4O3. The number of carbonyl (C=O) groups is 2. The van der Waals surface area contributed by atoms with Gasteiger partial charge < -0.3 is 15.4 Å². The van der Waals surface area contributed by atoms with Gasteiger partial charge >= 0.3 is 6.01 Å². The van der Waals surface area contributed by atoms with Crippen LogP contribution in [0.1, 0.15) is 40.1 Å². The first-order chi connectivity index (χ1) is 12.4. The number of carbonyl (C=O) groups excluding carboxylic acids is 2. The quantitative estimate of drug-likeness (QED) is 0.743. The van der Waals surface area contributed by atoms with Gasteiger partial charge in [-0.25, -0.2) is 4.98 Å². The summed E-state index contributed by atoms with van der Waals surface area (Å²) in [5.74, 6) is -0.466. The lowest BCUT2D eigenvalue weighted by molar-refractivity contribution is -0.117. The number of aryl methyl sites for hydroxylation is 1. The first-order valence-corrected chi connectivity index (χ1v) is 8.12. The number of hydrogen-bond donors (Lipinski definition) is 2. The molecule has 0 bridgehead atoms. The molecule has 26 heavy (non-hydrogen) atoms. The number of nitrogens with zero attached hydrogens (tertiary/aromatic N) is 2. The molecule has 1 atom stereocenters. The van der Waals surface area contributed by atoms with E-state index < -0.39 is 0 Å². The van der Waals surface area contributed by atoms with Gasteiger partial charge in [0, 0.05) is 12.7 Å². The van der Waals surface area contributed by atoms with Gasteiger partial charge in [-0.3, -0.25) is 9.59 Å². The molecule has 7 heteroatoms. The van der Waals surface area contributed by atoms with E-state index in [1.807, 2.05) is 31.2 Å². The zero-order valence-corrected chi connectivity index (χ0v) is 15.1. The number of amides is 2. The summed E-state index contributed by atoms with van der Waals surface area (Å²) in [4.78, 5) is 31.7. The molecule has 2 aromatic rings. The van der Waals surface area contributed by atoms with Crippen LogP contribution in [-0.4, -0.2) is 28.9 Å². The molecule has 1 aromatic carbocycles. The van der Waals surface area contributed by atoms with E-state index in [1.165, 1.54) is 19.4 Å². The molecule has 1 heterocycles. The third kappa shape index (κ3) is 4.89. The maximum absolute atomic E-state index is 12.3. The zero-order valence-electron chi connectivity index (χ0n) is 15.1. The third-order valence-electron chi connectivity index (χ3n) is 3.86. The van der Waals surface area contributed by atoms with E-state index in [1.54, 1.807) is 6.92 Å². The lowest BCUT2D eigenvalue weighted by Gasteiger charge is -2.14. The van der Waals surface area contributed by atoms with Crippen molar-refractivity contribution in [1.29, 1.82) is 0 Å². The van der Waals surface area contributed by atoms with E-state index in [0.717, 1.165) is 11.1 Å². The number of benzene rings is 1. The summed E-state index contributed by atoms with van der Waals surface area (Å²) >= 11 is 0. The number of aromatic nitrogens is 2. The topological polar surface area (TPSA) is 93.2 Å². The molecule has 1 unspecified atom stereocenters. The molecule has 0 aliphatic heterocycles. The van der Waals surface area contributed by atoms with Gasteiger partial charge in [-0.05, 0) is 31.1 Å². The Bertz CT molecular complexity index is 803. The highest BCUT2D eigenvalue weighted by Crippen LogP contribution is 2.14. The number of methoxy groups -OCH3 is 1. The van der Waals surface area contributed by atoms with Crippen molar-refractivity contribution in [2.24, 2.45) is 0 Å². The largest absolute Gasteiger partial charge is 0.467 e. The van der Waals surface area contributed by atoms with Crippen molar-refractivity contribution in [1.82, 2.24) is 20.6 Å². The second kappa shape index (κ2) is 8.75. The van der Waals surface area contributed by atoms with Crippen LogP contribution < -0.4 is 15.4 Å². The molecule has 2 N–H and O–H groups in total. The van der Waals surface area contributed by atoms with Gasteiger partial charge in [0.15, 0.2) is 0 Å². The molecule has 7 nitrogen and oxygen atoms in total. The maximum atomic E-state index is 12.3. The van der Waals surface area contributed by atoms with Crippen molar-refractivity contribution in [2.75, 3.05) is 7.11 Å². The van der Waals surface area contributed by atoms with Crippen molar-refractivity contribution in [3.05, 3.63) is 65.5 Å². The predicted molar refractivity (Wildman–Crippen MR) is 97.7 cm³/mol. The van der Waals surface area contributed by atoms with Gasteiger partial charge in [-0.1, -0.05) is 30.8 Å². The van der Waals surface area contributed by atoms with Gasteiger partial charge in [0.25, 0.3) is 5.91 Å². The Morgan fingerprint density at radius 2 is 2.00 bits per heavy atom. The van der Waals surface area contributed by atoms with E-state index in [4.69, 9.17) is 4.74 Å². The predicted octanol–water partition coefficient (Wildman–Crippen LogP) is 2.09. The first-order valence-electron chi connectivity index (χ1n) is 8.12. The van der Waals surface area contributed by atoms with Gasteiger partial charge in [-0.2, -0.15) is 4.98 Å². The van der Waals surface area contributed by atoms with Gasteiger partial charge in [0.1, 0.15) is 0 Å². The van der Waals surface area contributed by atoms with Crippen molar-refractivity contribution in [2.45, 2.75) is 26.4 Å². The zero-order chi connectivity index (χ0) is 19.1. The molecule has 2 rings (SSSR count). The van der Waals surface area contributed by atoms with Crippen LogP contribution in [0, 0.1) is 6.92 Å². The van der Waals surface area contributed by atoms with Crippen molar-refractivity contribution < 1.29 is 14.3 Å².